The number of hydrogen-bond acceptors (Lipinski definition) is 4. The summed E-state index contributed by atoms with van der Waals surface area (Å²) in [6.45, 7) is 2.66. The second kappa shape index (κ2) is 4.98. The van der Waals surface area contributed by atoms with E-state index in [4.69, 9.17) is 5.73 Å². The first kappa shape index (κ1) is 14.3. The van der Waals surface area contributed by atoms with Crippen molar-refractivity contribution in [3.8, 4) is 0 Å². The molecule has 3 rings (SSSR count). The summed E-state index contributed by atoms with van der Waals surface area (Å²) in [6.07, 6.45) is 3.72. The highest BCUT2D eigenvalue weighted by molar-refractivity contribution is 6.09. The molecule has 21 heavy (non-hydrogen) atoms. The molecular formula is C14H22N4O3. The first-order valence-corrected chi connectivity index (χ1v) is 7.61. The maximum atomic E-state index is 12.5. The van der Waals surface area contributed by atoms with Gasteiger partial charge in [-0.1, -0.05) is 0 Å². The molecule has 0 aromatic rings. The standard InChI is InChI=1S/C14H22N4O3/c1-14(9-4-5-9)12(20)18(13(21)16-14)8-11(19)17-6-2-3-10(17)7-15/h9-10H,2-8,15H2,1H3,(H,16,21). The topological polar surface area (TPSA) is 95.7 Å². The average Bonchev–Trinajstić information content (AvgIpc) is 3.16. The Morgan fingerprint density at radius 1 is 1.38 bits per heavy atom. The Hall–Kier alpha value is -1.63. The molecule has 7 heteroatoms. The van der Waals surface area contributed by atoms with Crippen LogP contribution in [0.2, 0.25) is 0 Å². The monoisotopic (exact) mass is 294 g/mol. The molecule has 2 unspecified atom stereocenters. The number of hydrogen-bond donors (Lipinski definition) is 2. The van der Waals surface area contributed by atoms with Crippen molar-refractivity contribution >= 4 is 17.8 Å². The molecule has 3 N–H and O–H groups in total. The molecule has 0 spiro atoms. The molecule has 2 aliphatic heterocycles. The Balaban J connectivity index is 1.68. The second-order valence-corrected chi connectivity index (χ2v) is 6.42. The molecule has 0 aromatic carbocycles. The molecule has 1 saturated carbocycles. The fourth-order valence-corrected chi connectivity index (χ4v) is 3.43. The highest BCUT2D eigenvalue weighted by Gasteiger charge is 2.56. The third-order valence-electron chi connectivity index (χ3n) is 4.96. The molecule has 3 aliphatic rings. The van der Waals surface area contributed by atoms with Gasteiger partial charge in [-0.15, -0.1) is 0 Å². The molecule has 0 aromatic heterocycles. The molecule has 2 saturated heterocycles. The molecule has 7 nitrogen and oxygen atoms in total. The van der Waals surface area contributed by atoms with E-state index in [1.807, 2.05) is 0 Å². The van der Waals surface area contributed by atoms with Crippen molar-refractivity contribution in [1.82, 2.24) is 15.1 Å². The van der Waals surface area contributed by atoms with Crippen molar-refractivity contribution in [2.75, 3.05) is 19.6 Å². The van der Waals surface area contributed by atoms with Crippen LogP contribution in [0.5, 0.6) is 0 Å². The van der Waals surface area contributed by atoms with Gasteiger partial charge in [-0.25, -0.2) is 4.79 Å². The van der Waals surface area contributed by atoms with E-state index in [2.05, 4.69) is 5.32 Å². The second-order valence-electron chi connectivity index (χ2n) is 6.42. The van der Waals surface area contributed by atoms with Gasteiger partial charge in [0.2, 0.25) is 5.91 Å². The Kier molecular flexibility index (Phi) is 3.39. The minimum Gasteiger partial charge on any atom is -0.337 e. The van der Waals surface area contributed by atoms with Crippen molar-refractivity contribution < 1.29 is 14.4 Å². The number of nitrogens with one attached hydrogen (secondary N) is 1. The quantitative estimate of drug-likeness (QED) is 0.693. The van der Waals surface area contributed by atoms with Crippen LogP contribution in [0.4, 0.5) is 4.79 Å². The molecule has 2 atom stereocenters. The maximum Gasteiger partial charge on any atom is 0.325 e. The van der Waals surface area contributed by atoms with E-state index >= 15 is 0 Å². The van der Waals surface area contributed by atoms with Gasteiger partial charge in [-0.3, -0.25) is 14.5 Å². The Labute approximate surface area is 123 Å². The summed E-state index contributed by atoms with van der Waals surface area (Å²) in [7, 11) is 0. The zero-order valence-electron chi connectivity index (χ0n) is 12.3. The van der Waals surface area contributed by atoms with Gasteiger partial charge in [0.1, 0.15) is 12.1 Å². The van der Waals surface area contributed by atoms with Crippen LogP contribution in [0.15, 0.2) is 0 Å². The minimum absolute atomic E-state index is 0.0353. The van der Waals surface area contributed by atoms with Crippen LogP contribution in [-0.2, 0) is 9.59 Å². The van der Waals surface area contributed by atoms with Gasteiger partial charge in [-0.05, 0) is 38.5 Å². The lowest BCUT2D eigenvalue weighted by atomic mass is 9.96. The summed E-state index contributed by atoms with van der Waals surface area (Å²) in [5, 5.41) is 2.76. The first-order valence-electron chi connectivity index (χ1n) is 7.61. The van der Waals surface area contributed by atoms with Crippen LogP contribution in [-0.4, -0.2) is 58.9 Å². The van der Waals surface area contributed by atoms with Gasteiger partial charge >= 0.3 is 6.03 Å². The van der Waals surface area contributed by atoms with Crippen molar-refractivity contribution in [3.63, 3.8) is 0 Å². The summed E-state index contributed by atoms with van der Waals surface area (Å²) in [5.74, 6) is -0.254. The van der Waals surface area contributed by atoms with E-state index in [9.17, 15) is 14.4 Å². The van der Waals surface area contributed by atoms with Crippen molar-refractivity contribution in [2.45, 2.75) is 44.2 Å². The SMILES string of the molecule is CC1(C2CC2)NC(=O)N(CC(=O)N2CCCC2CN)C1=O. The van der Waals surface area contributed by atoms with Gasteiger partial charge in [0.25, 0.3) is 5.91 Å². The number of imide groups is 1. The summed E-state index contributed by atoms with van der Waals surface area (Å²) in [6, 6.07) is -0.417. The predicted octanol–water partition coefficient (Wildman–Crippen LogP) is -0.343. The Morgan fingerprint density at radius 3 is 2.71 bits per heavy atom. The van der Waals surface area contributed by atoms with Gasteiger partial charge in [-0.2, -0.15) is 0 Å². The smallest absolute Gasteiger partial charge is 0.325 e. The number of carbonyl (C=O) groups excluding carboxylic acids is 3. The highest BCUT2D eigenvalue weighted by atomic mass is 16.2. The molecule has 3 fully saturated rings. The lowest BCUT2D eigenvalue weighted by molar-refractivity contribution is -0.139. The number of urea groups is 1. The van der Waals surface area contributed by atoms with Crippen LogP contribution in [0.25, 0.3) is 0 Å². The number of nitrogens with zero attached hydrogens (tertiary/aromatic N) is 2. The summed E-state index contributed by atoms with van der Waals surface area (Å²) in [5.41, 5.74) is 4.84. The van der Waals surface area contributed by atoms with Crippen molar-refractivity contribution in [2.24, 2.45) is 11.7 Å². The van der Waals surface area contributed by atoms with Crippen LogP contribution < -0.4 is 11.1 Å². The van der Waals surface area contributed by atoms with Crippen molar-refractivity contribution in [3.05, 3.63) is 0 Å². The van der Waals surface area contributed by atoms with Gasteiger partial charge in [0.15, 0.2) is 0 Å². The molecule has 2 heterocycles. The van der Waals surface area contributed by atoms with E-state index in [0.29, 0.717) is 13.1 Å². The van der Waals surface area contributed by atoms with E-state index in [-0.39, 0.29) is 30.3 Å². The lowest BCUT2D eigenvalue weighted by Gasteiger charge is -2.26. The number of likely N-dealkylation sites (tertiary alicyclic amines) is 1. The third-order valence-corrected chi connectivity index (χ3v) is 4.96. The molecule has 116 valence electrons. The summed E-state index contributed by atoms with van der Waals surface area (Å²) < 4.78 is 0. The molecular weight excluding hydrogens is 272 g/mol. The first-order chi connectivity index (χ1) is 9.97. The number of nitrogens with two attached hydrogens (primary N) is 1. The average molecular weight is 294 g/mol. The Morgan fingerprint density at radius 2 is 2.10 bits per heavy atom. The fourth-order valence-electron chi connectivity index (χ4n) is 3.43. The van der Waals surface area contributed by atoms with Gasteiger partial charge in [0.05, 0.1) is 0 Å². The molecule has 0 bridgehead atoms. The van der Waals surface area contributed by atoms with Gasteiger partial charge in [0, 0.05) is 19.1 Å². The predicted molar refractivity (Wildman–Crippen MR) is 75.2 cm³/mol. The maximum absolute atomic E-state index is 12.5. The van der Waals surface area contributed by atoms with Gasteiger partial charge < -0.3 is 16.0 Å². The van der Waals surface area contributed by atoms with E-state index in [1.54, 1.807) is 11.8 Å². The fraction of sp³-hybridized carbons (Fsp3) is 0.786. The van der Waals surface area contributed by atoms with Crippen molar-refractivity contribution in [1.29, 1.82) is 0 Å². The van der Waals surface area contributed by atoms with Crippen LogP contribution in [0, 0.1) is 5.92 Å². The van der Waals surface area contributed by atoms with Crippen LogP contribution in [0.3, 0.4) is 0 Å². The number of rotatable bonds is 4. The highest BCUT2D eigenvalue weighted by Crippen LogP contribution is 2.42. The minimum atomic E-state index is -0.824. The number of amides is 4. The summed E-state index contributed by atoms with van der Waals surface area (Å²) >= 11 is 0. The normalized spacial score (nSPS) is 32.8. The largest absolute Gasteiger partial charge is 0.337 e. The zero-order chi connectivity index (χ0) is 15.2. The molecule has 4 amide bonds. The molecule has 0 radical (unpaired) electrons. The zero-order valence-corrected chi connectivity index (χ0v) is 12.3. The molecule has 1 aliphatic carbocycles. The van der Waals surface area contributed by atoms with Crippen LogP contribution >= 0.6 is 0 Å². The van der Waals surface area contributed by atoms with E-state index in [0.717, 1.165) is 30.6 Å². The number of carbonyl (C=O) groups is 3. The van der Waals surface area contributed by atoms with E-state index < -0.39 is 11.6 Å². The summed E-state index contributed by atoms with van der Waals surface area (Å²) in [4.78, 5) is 39.6. The Bertz CT molecular complexity index is 491. The van der Waals surface area contributed by atoms with E-state index in [1.165, 1.54) is 0 Å². The van der Waals surface area contributed by atoms with Crippen LogP contribution in [0.1, 0.15) is 32.6 Å². The third kappa shape index (κ3) is 2.29. The lowest BCUT2D eigenvalue weighted by Crippen LogP contribution is -2.48.